The standard InChI is InChI=1S/C22H25N5O2/c1-23-22(25-16-11-13-26(15-16)17-7-3-2-4-8-17)24-12-14-27-20(28)18-9-5-6-10-19(18)21(27)29/h2-10,16H,11-15H2,1H3,(H2,23,24,25). The van der Waals surface area contributed by atoms with E-state index in [1.807, 2.05) is 6.07 Å². The number of para-hydroxylation sites is 1. The predicted molar refractivity (Wildman–Crippen MR) is 113 cm³/mol. The van der Waals surface area contributed by atoms with Crippen LogP contribution in [-0.2, 0) is 0 Å². The monoisotopic (exact) mass is 391 g/mol. The SMILES string of the molecule is CN=C(NCCN1C(=O)c2ccccc2C1=O)NC1CCN(c2ccccc2)C1. The lowest BCUT2D eigenvalue weighted by molar-refractivity contribution is 0.0657. The number of fused-ring (bicyclic) bond motifs is 1. The van der Waals surface area contributed by atoms with Gasteiger partial charge in [0.05, 0.1) is 11.1 Å². The normalized spacial score (nSPS) is 18.9. The molecule has 1 unspecified atom stereocenters. The number of amides is 2. The van der Waals surface area contributed by atoms with Crippen molar-refractivity contribution >= 4 is 23.5 Å². The average Bonchev–Trinajstić information content (AvgIpc) is 3.32. The second kappa shape index (κ2) is 8.34. The van der Waals surface area contributed by atoms with Crippen LogP contribution in [0.5, 0.6) is 0 Å². The number of anilines is 1. The van der Waals surface area contributed by atoms with Gasteiger partial charge < -0.3 is 15.5 Å². The molecular weight excluding hydrogens is 366 g/mol. The number of rotatable bonds is 5. The van der Waals surface area contributed by atoms with Crippen molar-refractivity contribution in [3.63, 3.8) is 0 Å². The first-order valence-electron chi connectivity index (χ1n) is 9.90. The van der Waals surface area contributed by atoms with Gasteiger partial charge in [-0.25, -0.2) is 0 Å². The maximum Gasteiger partial charge on any atom is 0.261 e. The number of imide groups is 1. The van der Waals surface area contributed by atoms with E-state index in [0.717, 1.165) is 19.5 Å². The van der Waals surface area contributed by atoms with E-state index < -0.39 is 0 Å². The largest absolute Gasteiger partial charge is 0.369 e. The second-order valence-corrected chi connectivity index (χ2v) is 7.22. The molecule has 7 nitrogen and oxygen atoms in total. The highest BCUT2D eigenvalue weighted by atomic mass is 16.2. The van der Waals surface area contributed by atoms with Gasteiger partial charge in [0.1, 0.15) is 0 Å². The zero-order valence-corrected chi connectivity index (χ0v) is 16.5. The fourth-order valence-electron chi connectivity index (χ4n) is 3.87. The highest BCUT2D eigenvalue weighted by Crippen LogP contribution is 2.22. The third-order valence-corrected chi connectivity index (χ3v) is 5.38. The molecule has 0 spiro atoms. The van der Waals surface area contributed by atoms with Crippen LogP contribution in [0.15, 0.2) is 59.6 Å². The Kier molecular flexibility index (Phi) is 5.46. The van der Waals surface area contributed by atoms with Crippen LogP contribution in [0.4, 0.5) is 5.69 Å². The van der Waals surface area contributed by atoms with Crippen LogP contribution in [0.25, 0.3) is 0 Å². The van der Waals surface area contributed by atoms with Crippen molar-refractivity contribution in [2.75, 3.05) is 38.1 Å². The van der Waals surface area contributed by atoms with Crippen molar-refractivity contribution in [2.45, 2.75) is 12.5 Å². The number of nitrogens with zero attached hydrogens (tertiary/aromatic N) is 3. The molecule has 2 amide bonds. The van der Waals surface area contributed by atoms with E-state index in [2.05, 4.69) is 44.8 Å². The van der Waals surface area contributed by atoms with E-state index in [1.165, 1.54) is 10.6 Å². The number of guanidine groups is 1. The number of nitrogens with one attached hydrogen (secondary N) is 2. The Hall–Kier alpha value is -3.35. The summed E-state index contributed by atoms with van der Waals surface area (Å²) >= 11 is 0. The Morgan fingerprint density at radius 2 is 1.69 bits per heavy atom. The molecule has 0 radical (unpaired) electrons. The zero-order chi connectivity index (χ0) is 20.2. The molecule has 150 valence electrons. The number of hydrogen-bond donors (Lipinski definition) is 2. The first-order valence-corrected chi connectivity index (χ1v) is 9.90. The van der Waals surface area contributed by atoms with Crippen molar-refractivity contribution < 1.29 is 9.59 Å². The second-order valence-electron chi connectivity index (χ2n) is 7.22. The first-order chi connectivity index (χ1) is 14.2. The number of hydrogen-bond acceptors (Lipinski definition) is 4. The van der Waals surface area contributed by atoms with Gasteiger partial charge in [-0.3, -0.25) is 19.5 Å². The van der Waals surface area contributed by atoms with Crippen LogP contribution in [0.3, 0.4) is 0 Å². The van der Waals surface area contributed by atoms with E-state index in [9.17, 15) is 9.59 Å². The number of carbonyl (C=O) groups excluding carboxylic acids is 2. The van der Waals surface area contributed by atoms with Gasteiger partial charge in [-0.1, -0.05) is 30.3 Å². The molecule has 1 atom stereocenters. The van der Waals surface area contributed by atoms with Gasteiger partial charge in [0.2, 0.25) is 0 Å². The maximum absolute atomic E-state index is 12.4. The van der Waals surface area contributed by atoms with E-state index in [4.69, 9.17) is 0 Å². The quantitative estimate of drug-likeness (QED) is 0.461. The van der Waals surface area contributed by atoms with Crippen molar-refractivity contribution in [2.24, 2.45) is 4.99 Å². The summed E-state index contributed by atoms with van der Waals surface area (Å²) in [7, 11) is 1.72. The van der Waals surface area contributed by atoms with Crippen LogP contribution in [0.1, 0.15) is 27.1 Å². The number of aliphatic imine (C=N–C) groups is 1. The Balaban J connectivity index is 1.27. The highest BCUT2D eigenvalue weighted by molar-refractivity contribution is 6.21. The minimum Gasteiger partial charge on any atom is -0.369 e. The maximum atomic E-state index is 12.4. The van der Waals surface area contributed by atoms with E-state index in [-0.39, 0.29) is 11.8 Å². The van der Waals surface area contributed by atoms with Gasteiger partial charge in [0.15, 0.2) is 5.96 Å². The molecule has 0 aliphatic carbocycles. The van der Waals surface area contributed by atoms with Gasteiger partial charge >= 0.3 is 0 Å². The molecule has 1 saturated heterocycles. The van der Waals surface area contributed by atoms with Crippen molar-refractivity contribution in [1.82, 2.24) is 15.5 Å². The van der Waals surface area contributed by atoms with Gasteiger partial charge in [0.25, 0.3) is 11.8 Å². The van der Waals surface area contributed by atoms with E-state index >= 15 is 0 Å². The highest BCUT2D eigenvalue weighted by Gasteiger charge is 2.34. The molecule has 2 aromatic carbocycles. The summed E-state index contributed by atoms with van der Waals surface area (Å²) in [6, 6.07) is 17.6. The zero-order valence-electron chi connectivity index (χ0n) is 16.5. The molecule has 29 heavy (non-hydrogen) atoms. The van der Waals surface area contributed by atoms with Crippen LogP contribution in [-0.4, -0.2) is 61.9 Å². The van der Waals surface area contributed by atoms with Gasteiger partial charge in [-0.05, 0) is 30.7 Å². The molecule has 2 aromatic rings. The molecule has 4 rings (SSSR count). The summed E-state index contributed by atoms with van der Waals surface area (Å²) in [5, 5.41) is 6.66. The molecule has 2 heterocycles. The molecule has 0 aromatic heterocycles. The molecule has 2 aliphatic heterocycles. The lowest BCUT2D eigenvalue weighted by Gasteiger charge is -2.21. The lowest BCUT2D eigenvalue weighted by atomic mass is 10.1. The topological polar surface area (TPSA) is 77.0 Å². The predicted octanol–water partition coefficient (Wildman–Crippen LogP) is 1.73. The fraction of sp³-hybridized carbons (Fsp3) is 0.318. The third kappa shape index (κ3) is 3.94. The summed E-state index contributed by atoms with van der Waals surface area (Å²) in [4.78, 5) is 32.8. The summed E-state index contributed by atoms with van der Waals surface area (Å²) in [6.45, 7) is 2.64. The Morgan fingerprint density at radius 1 is 1.03 bits per heavy atom. The fourth-order valence-corrected chi connectivity index (χ4v) is 3.87. The van der Waals surface area contributed by atoms with E-state index in [1.54, 1.807) is 31.3 Å². The van der Waals surface area contributed by atoms with Crippen LogP contribution in [0.2, 0.25) is 0 Å². The van der Waals surface area contributed by atoms with Gasteiger partial charge in [-0.15, -0.1) is 0 Å². The minimum atomic E-state index is -0.232. The van der Waals surface area contributed by atoms with Crippen molar-refractivity contribution in [3.8, 4) is 0 Å². The molecule has 1 fully saturated rings. The molecule has 0 bridgehead atoms. The van der Waals surface area contributed by atoms with Crippen LogP contribution < -0.4 is 15.5 Å². The Labute approximate surface area is 170 Å². The molecule has 0 saturated carbocycles. The summed E-state index contributed by atoms with van der Waals surface area (Å²) in [5.74, 6) is 0.218. The van der Waals surface area contributed by atoms with Crippen molar-refractivity contribution in [1.29, 1.82) is 0 Å². The minimum absolute atomic E-state index is 0.232. The van der Waals surface area contributed by atoms with Gasteiger partial charge in [0, 0.05) is 45.0 Å². The molecule has 2 aliphatic rings. The smallest absolute Gasteiger partial charge is 0.261 e. The molecule has 2 N–H and O–H groups in total. The summed E-state index contributed by atoms with van der Waals surface area (Å²) in [6.07, 6.45) is 1.02. The van der Waals surface area contributed by atoms with E-state index in [0.29, 0.717) is 36.2 Å². The van der Waals surface area contributed by atoms with Crippen LogP contribution >= 0.6 is 0 Å². The van der Waals surface area contributed by atoms with Gasteiger partial charge in [-0.2, -0.15) is 0 Å². The summed E-state index contributed by atoms with van der Waals surface area (Å²) < 4.78 is 0. The average molecular weight is 391 g/mol. The lowest BCUT2D eigenvalue weighted by Crippen LogP contribution is -2.47. The first kappa shape index (κ1) is 19.0. The Morgan fingerprint density at radius 3 is 2.34 bits per heavy atom. The van der Waals surface area contributed by atoms with Crippen LogP contribution in [0, 0.1) is 0 Å². The summed E-state index contributed by atoms with van der Waals surface area (Å²) in [5.41, 5.74) is 2.18. The Bertz CT molecular complexity index is 893. The third-order valence-electron chi connectivity index (χ3n) is 5.38. The molecule has 7 heteroatoms. The number of carbonyl (C=O) groups is 2. The van der Waals surface area contributed by atoms with Crippen molar-refractivity contribution in [3.05, 3.63) is 65.7 Å². The number of benzene rings is 2. The molecular formula is C22H25N5O2.